The summed E-state index contributed by atoms with van der Waals surface area (Å²) >= 11 is 0. The van der Waals surface area contributed by atoms with Crippen LogP contribution in [0.2, 0.25) is 0 Å². The molecule has 0 radical (unpaired) electrons. The zero-order valence-corrected chi connectivity index (χ0v) is 23.6. The quantitative estimate of drug-likeness (QED) is 0.232. The fraction of sp³-hybridized carbons (Fsp3) is 0.303. The van der Waals surface area contributed by atoms with Gasteiger partial charge in [0.1, 0.15) is 18.9 Å². The van der Waals surface area contributed by atoms with E-state index in [1.807, 2.05) is 78.9 Å². The van der Waals surface area contributed by atoms with E-state index in [2.05, 4.69) is 10.4 Å². The summed E-state index contributed by atoms with van der Waals surface area (Å²) in [7, 11) is 1.62. The zero-order valence-electron chi connectivity index (χ0n) is 23.6. The second kappa shape index (κ2) is 13.8. The smallest absolute Gasteiger partial charge is 0.356 e. The molecule has 9 heteroatoms. The number of hydrogen-bond donors (Lipinski definition) is 2. The molecule has 1 heterocycles. The van der Waals surface area contributed by atoms with E-state index in [0.29, 0.717) is 6.61 Å². The Morgan fingerprint density at radius 2 is 1.74 bits per heavy atom. The summed E-state index contributed by atoms with van der Waals surface area (Å²) in [4.78, 5) is 24.9. The Labute approximate surface area is 245 Å². The highest BCUT2D eigenvalue weighted by Crippen LogP contribution is 2.28. The van der Waals surface area contributed by atoms with Crippen LogP contribution in [0.15, 0.2) is 84.9 Å². The number of nitrogens with zero attached hydrogens (tertiary/aromatic N) is 2. The number of carbonyl (C=O) groups excluding carboxylic acids is 1. The molecular weight excluding hydrogens is 534 g/mol. The summed E-state index contributed by atoms with van der Waals surface area (Å²) < 4.78 is 18.9. The van der Waals surface area contributed by atoms with Gasteiger partial charge < -0.3 is 24.6 Å². The number of hydrogen-bond acceptors (Lipinski definition) is 6. The lowest BCUT2D eigenvalue weighted by atomic mass is 9.92. The van der Waals surface area contributed by atoms with Crippen LogP contribution < -0.4 is 14.8 Å². The van der Waals surface area contributed by atoms with Crippen molar-refractivity contribution < 1.29 is 28.9 Å². The molecule has 1 aliphatic rings. The minimum absolute atomic E-state index is 0.0982. The van der Waals surface area contributed by atoms with Crippen LogP contribution in [0, 0.1) is 0 Å². The van der Waals surface area contributed by atoms with Gasteiger partial charge in [0.15, 0.2) is 5.69 Å². The number of methoxy groups -OCH3 is 1. The van der Waals surface area contributed by atoms with Crippen molar-refractivity contribution in [1.29, 1.82) is 0 Å². The van der Waals surface area contributed by atoms with Crippen LogP contribution in [0.5, 0.6) is 11.6 Å². The van der Waals surface area contributed by atoms with Crippen molar-refractivity contribution in [2.45, 2.75) is 57.6 Å². The van der Waals surface area contributed by atoms with Crippen LogP contribution in [0.3, 0.4) is 0 Å². The summed E-state index contributed by atoms with van der Waals surface area (Å²) in [5.74, 6) is -0.540. The van der Waals surface area contributed by atoms with Gasteiger partial charge >= 0.3 is 5.97 Å². The number of benzene rings is 3. The zero-order chi connectivity index (χ0) is 29.3. The average molecular weight is 570 g/mol. The first kappa shape index (κ1) is 28.9. The molecule has 0 bridgehead atoms. The number of rotatable bonds is 12. The molecule has 0 saturated heterocycles. The van der Waals surface area contributed by atoms with Crippen molar-refractivity contribution in [3.63, 3.8) is 0 Å². The van der Waals surface area contributed by atoms with Gasteiger partial charge in [-0.1, -0.05) is 79.6 Å². The van der Waals surface area contributed by atoms with Gasteiger partial charge in [0, 0.05) is 6.07 Å². The van der Waals surface area contributed by atoms with E-state index in [4.69, 9.17) is 14.2 Å². The Bertz CT molecular complexity index is 1500. The van der Waals surface area contributed by atoms with E-state index in [1.165, 1.54) is 10.7 Å². The van der Waals surface area contributed by atoms with Gasteiger partial charge in [-0.2, -0.15) is 5.10 Å². The molecule has 5 rings (SSSR count). The predicted molar refractivity (Wildman–Crippen MR) is 157 cm³/mol. The second-order valence-corrected chi connectivity index (χ2v) is 10.3. The first-order valence-electron chi connectivity index (χ1n) is 14.1. The Morgan fingerprint density at radius 1 is 0.952 bits per heavy atom. The molecule has 4 aromatic rings. The Hall–Kier alpha value is -4.63. The third-order valence-corrected chi connectivity index (χ3v) is 7.39. The molecule has 0 aliphatic heterocycles. The lowest BCUT2D eigenvalue weighted by Gasteiger charge is -2.32. The molecule has 1 saturated carbocycles. The van der Waals surface area contributed by atoms with E-state index < -0.39 is 5.97 Å². The fourth-order valence-corrected chi connectivity index (χ4v) is 5.23. The third-order valence-electron chi connectivity index (χ3n) is 7.39. The largest absolute Gasteiger partial charge is 0.497 e. The summed E-state index contributed by atoms with van der Waals surface area (Å²) in [6.45, 7) is 0.452. The van der Waals surface area contributed by atoms with Gasteiger partial charge in [0.05, 0.1) is 25.9 Å². The van der Waals surface area contributed by atoms with Crippen LogP contribution in [-0.2, 0) is 29.3 Å². The molecule has 3 aromatic carbocycles. The van der Waals surface area contributed by atoms with Crippen LogP contribution >= 0.6 is 0 Å². The fourth-order valence-electron chi connectivity index (χ4n) is 5.23. The van der Waals surface area contributed by atoms with Gasteiger partial charge in [0.2, 0.25) is 11.8 Å². The maximum atomic E-state index is 13.2. The van der Waals surface area contributed by atoms with Crippen LogP contribution in [0.4, 0.5) is 0 Å². The first-order valence-corrected chi connectivity index (χ1v) is 14.1. The van der Waals surface area contributed by atoms with Gasteiger partial charge in [-0.15, -0.1) is 0 Å². The maximum Gasteiger partial charge on any atom is 0.356 e. The molecule has 42 heavy (non-hydrogen) atoms. The molecule has 2 N–H and O–H groups in total. The van der Waals surface area contributed by atoms with Crippen molar-refractivity contribution in [3.05, 3.63) is 102 Å². The number of amides is 1. The lowest BCUT2D eigenvalue weighted by molar-refractivity contribution is -0.124. The minimum atomic E-state index is -1.20. The lowest BCUT2D eigenvalue weighted by Crippen LogP contribution is -2.47. The van der Waals surface area contributed by atoms with Crippen molar-refractivity contribution in [1.82, 2.24) is 15.1 Å². The Morgan fingerprint density at radius 3 is 2.55 bits per heavy atom. The van der Waals surface area contributed by atoms with Crippen molar-refractivity contribution in [2.24, 2.45) is 0 Å². The topological polar surface area (TPSA) is 112 Å². The number of carboxylic acids is 1. The first-order chi connectivity index (χ1) is 20.5. The third kappa shape index (κ3) is 7.36. The van der Waals surface area contributed by atoms with Crippen molar-refractivity contribution >= 4 is 11.9 Å². The number of ether oxygens (including phenoxy) is 3. The molecule has 2 atom stereocenters. The summed E-state index contributed by atoms with van der Waals surface area (Å²) in [6.07, 6.45) is 3.63. The maximum absolute atomic E-state index is 13.2. The number of carbonyl (C=O) groups is 2. The van der Waals surface area contributed by atoms with E-state index in [-0.39, 0.29) is 42.8 Å². The molecule has 1 fully saturated rings. The number of aromatic carboxylic acids is 1. The normalized spacial score (nSPS) is 16.5. The van der Waals surface area contributed by atoms with Gasteiger partial charge in [-0.05, 0) is 47.2 Å². The van der Waals surface area contributed by atoms with Gasteiger partial charge in [0.25, 0.3) is 0 Å². The number of nitrogens with one attached hydrogen (secondary N) is 1. The van der Waals surface area contributed by atoms with Crippen molar-refractivity contribution in [3.8, 4) is 22.8 Å². The van der Waals surface area contributed by atoms with E-state index in [9.17, 15) is 14.7 Å². The van der Waals surface area contributed by atoms with Gasteiger partial charge in [-0.25, -0.2) is 9.48 Å². The second-order valence-electron chi connectivity index (χ2n) is 10.3. The van der Waals surface area contributed by atoms with E-state index in [1.54, 1.807) is 7.11 Å². The summed E-state index contributed by atoms with van der Waals surface area (Å²) in [6, 6.07) is 26.7. The van der Waals surface area contributed by atoms with E-state index >= 15 is 0 Å². The standard InChI is InChI=1S/C33H35N3O6/c1-40-26-14-9-13-24(18-26)27-15-6-5-12-25(27)22-42-32-19-29(33(38)39)35-36(32)20-31(37)34-28-16-7-8-17-30(28)41-21-23-10-3-2-4-11-23/h2-6,9-15,18-19,28,30H,7-8,16-17,20-22H2,1H3,(H,34,37)(H,38,39). The predicted octanol–water partition coefficient (Wildman–Crippen LogP) is 5.48. The molecule has 1 amide bonds. The van der Waals surface area contributed by atoms with Crippen LogP contribution in [0.1, 0.15) is 47.3 Å². The molecule has 218 valence electrons. The highest BCUT2D eigenvalue weighted by atomic mass is 16.5. The molecule has 1 aliphatic carbocycles. The average Bonchev–Trinajstić information content (AvgIpc) is 3.43. The molecular formula is C33H35N3O6. The minimum Gasteiger partial charge on any atom is -0.497 e. The van der Waals surface area contributed by atoms with Crippen LogP contribution in [-0.4, -0.2) is 46.0 Å². The molecule has 2 unspecified atom stereocenters. The molecule has 9 nitrogen and oxygen atoms in total. The number of aromatic nitrogens is 2. The van der Waals surface area contributed by atoms with Crippen LogP contribution in [0.25, 0.3) is 11.1 Å². The summed E-state index contributed by atoms with van der Waals surface area (Å²) in [5.41, 5.74) is 3.70. The Balaban J connectivity index is 1.26. The molecule has 1 aromatic heterocycles. The van der Waals surface area contributed by atoms with Gasteiger partial charge in [-0.3, -0.25) is 4.79 Å². The highest BCUT2D eigenvalue weighted by Gasteiger charge is 2.28. The number of carboxylic acid groups (broad SMARTS) is 1. The molecule has 0 spiro atoms. The summed E-state index contributed by atoms with van der Waals surface area (Å²) in [5, 5.41) is 16.8. The SMILES string of the molecule is COc1cccc(-c2ccccc2COc2cc(C(=O)O)nn2CC(=O)NC2CCCCC2OCc2ccccc2)c1. The highest BCUT2D eigenvalue weighted by molar-refractivity contribution is 5.86. The van der Waals surface area contributed by atoms with E-state index in [0.717, 1.165) is 53.7 Å². The Kier molecular flexibility index (Phi) is 9.51. The van der Waals surface area contributed by atoms with Crippen molar-refractivity contribution in [2.75, 3.05) is 7.11 Å². The monoisotopic (exact) mass is 569 g/mol.